The number of esters is 1. The molecule has 1 fully saturated rings. The number of carbonyl (C=O) groups is 1. The fraction of sp³-hybridized carbons (Fsp3) is 0.774. The number of hydrogen-bond acceptors (Lipinski definition) is 6. The van der Waals surface area contributed by atoms with Crippen LogP contribution in [0.15, 0.2) is 30.3 Å². The van der Waals surface area contributed by atoms with Crippen molar-refractivity contribution in [3.63, 3.8) is 0 Å². The zero-order valence-electron chi connectivity index (χ0n) is 25.1. The topological polar surface area (TPSA) is 91.0 Å². The average Bonchev–Trinajstić information content (AvgIpc) is 2.86. The van der Waals surface area contributed by atoms with E-state index in [0.717, 1.165) is 44.9 Å². The third-order valence-corrected chi connectivity index (χ3v) is 6.54. The van der Waals surface area contributed by atoms with E-state index < -0.39 is 0 Å². The first kappa shape index (κ1) is 35.5. The average molecular weight is 524 g/mol. The van der Waals surface area contributed by atoms with Gasteiger partial charge in [0.25, 0.3) is 0 Å². The highest BCUT2D eigenvalue weighted by Crippen LogP contribution is 2.28. The molecule has 6 heteroatoms. The zero-order valence-corrected chi connectivity index (χ0v) is 25.1. The van der Waals surface area contributed by atoms with Crippen LogP contribution in [-0.4, -0.2) is 47.6 Å². The highest BCUT2D eigenvalue weighted by atomic mass is 16.6. The summed E-state index contributed by atoms with van der Waals surface area (Å²) in [5.74, 6) is 0.0285. The first-order chi connectivity index (χ1) is 17.5. The van der Waals surface area contributed by atoms with Crippen molar-refractivity contribution in [2.24, 2.45) is 11.7 Å². The van der Waals surface area contributed by atoms with Crippen LogP contribution >= 0.6 is 0 Å². The van der Waals surface area contributed by atoms with E-state index in [1.807, 2.05) is 40.7 Å². The van der Waals surface area contributed by atoms with E-state index in [1.54, 1.807) is 0 Å². The largest absolute Gasteiger partial charge is 0.460 e. The van der Waals surface area contributed by atoms with E-state index in [9.17, 15) is 9.90 Å². The molecule has 0 heterocycles. The molecule has 1 aliphatic rings. The third-order valence-electron chi connectivity index (χ3n) is 6.54. The quantitative estimate of drug-likeness (QED) is 0.292. The molecular formula is C31H57NO5. The summed E-state index contributed by atoms with van der Waals surface area (Å²) in [6.45, 7) is 16.8. The Kier molecular flexibility index (Phi) is 18.8. The maximum atomic E-state index is 10.2. The van der Waals surface area contributed by atoms with Gasteiger partial charge in [-0.1, -0.05) is 70.9 Å². The highest BCUT2D eigenvalue weighted by Gasteiger charge is 2.32. The SMILES string of the molecule is CC.CC(=O)OC(C)(C)C.CCCCC(N)(CCO)C(C)COC1CCC(OCc2ccccc2)CC1. The molecule has 0 spiro atoms. The summed E-state index contributed by atoms with van der Waals surface area (Å²) in [4.78, 5) is 10.2. The minimum absolute atomic E-state index is 0.147. The molecule has 2 rings (SSSR count). The van der Waals surface area contributed by atoms with Gasteiger partial charge in [-0.15, -0.1) is 0 Å². The van der Waals surface area contributed by atoms with Crippen LogP contribution < -0.4 is 5.73 Å². The van der Waals surface area contributed by atoms with Crippen LogP contribution in [0, 0.1) is 5.92 Å². The van der Waals surface area contributed by atoms with Gasteiger partial charge in [0.2, 0.25) is 0 Å². The maximum Gasteiger partial charge on any atom is 0.303 e. The van der Waals surface area contributed by atoms with E-state index in [1.165, 1.54) is 12.5 Å². The van der Waals surface area contributed by atoms with Gasteiger partial charge in [-0.05, 0) is 70.8 Å². The molecule has 216 valence electrons. The van der Waals surface area contributed by atoms with Crippen LogP contribution in [-0.2, 0) is 25.6 Å². The first-order valence-corrected chi connectivity index (χ1v) is 14.4. The van der Waals surface area contributed by atoms with Crippen molar-refractivity contribution in [3.05, 3.63) is 35.9 Å². The molecule has 6 nitrogen and oxygen atoms in total. The second-order valence-electron chi connectivity index (χ2n) is 10.9. The third kappa shape index (κ3) is 16.9. The monoisotopic (exact) mass is 523 g/mol. The lowest BCUT2D eigenvalue weighted by molar-refractivity contribution is -0.151. The second-order valence-corrected chi connectivity index (χ2v) is 10.9. The fourth-order valence-corrected chi connectivity index (χ4v) is 4.36. The van der Waals surface area contributed by atoms with E-state index in [-0.39, 0.29) is 29.6 Å². The van der Waals surface area contributed by atoms with Crippen LogP contribution in [0.3, 0.4) is 0 Å². The summed E-state index contributed by atoms with van der Waals surface area (Å²) in [6.07, 6.45) is 8.72. The lowest BCUT2D eigenvalue weighted by Crippen LogP contribution is -2.49. The fourth-order valence-electron chi connectivity index (χ4n) is 4.36. The Balaban J connectivity index is 0.00000111. The van der Waals surface area contributed by atoms with Crippen molar-refractivity contribution >= 4 is 5.97 Å². The summed E-state index contributed by atoms with van der Waals surface area (Å²) < 4.78 is 17.1. The van der Waals surface area contributed by atoms with Crippen molar-refractivity contribution < 1.29 is 24.1 Å². The lowest BCUT2D eigenvalue weighted by Gasteiger charge is -2.37. The number of aliphatic hydroxyl groups is 1. The van der Waals surface area contributed by atoms with Crippen molar-refractivity contribution in [2.45, 2.75) is 137 Å². The standard InChI is InChI=1S/C23H39NO3.C6H12O2.C2H6/c1-3-4-14-23(24,15-16-25)19(2)17-26-21-10-12-22(13-11-21)27-18-20-8-6-5-7-9-20;1-5(7)8-6(2,3)4;1-2/h5-9,19,21-22,25H,3-4,10-18,24H2,1-2H3;1-4H3;1-2H3. The number of nitrogens with two attached hydrogens (primary N) is 1. The summed E-state index contributed by atoms with van der Waals surface area (Å²) in [5, 5.41) is 9.39. The van der Waals surface area contributed by atoms with Gasteiger partial charge in [0.1, 0.15) is 5.60 Å². The van der Waals surface area contributed by atoms with E-state index in [0.29, 0.717) is 31.8 Å². The molecule has 0 aliphatic heterocycles. The van der Waals surface area contributed by atoms with Crippen molar-refractivity contribution in [3.8, 4) is 0 Å². The zero-order chi connectivity index (χ0) is 28.3. The Morgan fingerprint density at radius 3 is 2.00 bits per heavy atom. The summed E-state index contributed by atoms with van der Waals surface area (Å²) in [6, 6.07) is 10.4. The number of benzene rings is 1. The van der Waals surface area contributed by atoms with Gasteiger partial charge in [0, 0.05) is 19.1 Å². The Bertz CT molecular complexity index is 683. The summed E-state index contributed by atoms with van der Waals surface area (Å²) in [5.41, 5.74) is 7.20. The molecule has 0 radical (unpaired) electrons. The van der Waals surface area contributed by atoms with Crippen LogP contribution in [0.4, 0.5) is 0 Å². The maximum absolute atomic E-state index is 10.2. The lowest BCUT2D eigenvalue weighted by atomic mass is 9.79. The van der Waals surface area contributed by atoms with Crippen LogP contribution in [0.2, 0.25) is 0 Å². The normalized spacial score (nSPS) is 19.8. The molecule has 1 aliphatic carbocycles. The summed E-state index contributed by atoms with van der Waals surface area (Å²) in [7, 11) is 0. The van der Waals surface area contributed by atoms with E-state index in [4.69, 9.17) is 19.9 Å². The Morgan fingerprint density at radius 2 is 1.57 bits per heavy atom. The van der Waals surface area contributed by atoms with Gasteiger partial charge < -0.3 is 25.1 Å². The van der Waals surface area contributed by atoms with Crippen molar-refractivity contribution in [1.29, 1.82) is 0 Å². The van der Waals surface area contributed by atoms with Crippen molar-refractivity contribution in [1.82, 2.24) is 0 Å². The number of rotatable bonds is 12. The molecular weight excluding hydrogens is 466 g/mol. The van der Waals surface area contributed by atoms with Gasteiger partial charge in [0.15, 0.2) is 0 Å². The predicted molar refractivity (Wildman–Crippen MR) is 153 cm³/mol. The Hall–Kier alpha value is -1.47. The van der Waals surface area contributed by atoms with Gasteiger partial charge in [-0.3, -0.25) is 4.79 Å². The number of unbranched alkanes of at least 4 members (excludes halogenated alkanes) is 1. The minimum atomic E-state index is -0.328. The molecule has 0 aromatic heterocycles. The number of aliphatic hydroxyl groups excluding tert-OH is 1. The predicted octanol–water partition coefficient (Wildman–Crippen LogP) is 6.81. The molecule has 2 atom stereocenters. The number of ether oxygens (including phenoxy) is 3. The van der Waals surface area contributed by atoms with Gasteiger partial charge in [-0.25, -0.2) is 0 Å². The van der Waals surface area contributed by atoms with Gasteiger partial charge in [0.05, 0.1) is 25.4 Å². The molecule has 1 saturated carbocycles. The summed E-state index contributed by atoms with van der Waals surface area (Å²) >= 11 is 0. The van der Waals surface area contributed by atoms with Crippen LogP contribution in [0.1, 0.15) is 112 Å². The molecule has 1 aromatic rings. The van der Waals surface area contributed by atoms with Crippen molar-refractivity contribution in [2.75, 3.05) is 13.2 Å². The minimum Gasteiger partial charge on any atom is -0.460 e. The molecule has 37 heavy (non-hydrogen) atoms. The molecule has 1 aromatic carbocycles. The second kappa shape index (κ2) is 19.6. The van der Waals surface area contributed by atoms with Gasteiger partial charge >= 0.3 is 5.97 Å². The Labute approximate surface area is 227 Å². The van der Waals surface area contributed by atoms with E-state index in [2.05, 4.69) is 38.1 Å². The first-order valence-electron chi connectivity index (χ1n) is 14.4. The van der Waals surface area contributed by atoms with Crippen LogP contribution in [0.25, 0.3) is 0 Å². The molecule has 2 unspecified atom stereocenters. The Morgan fingerprint density at radius 1 is 1.03 bits per heavy atom. The number of hydrogen-bond donors (Lipinski definition) is 2. The van der Waals surface area contributed by atoms with Crippen LogP contribution in [0.5, 0.6) is 0 Å². The molecule has 0 bridgehead atoms. The van der Waals surface area contributed by atoms with Gasteiger partial charge in [-0.2, -0.15) is 0 Å². The smallest absolute Gasteiger partial charge is 0.303 e. The van der Waals surface area contributed by atoms with E-state index >= 15 is 0 Å². The molecule has 0 amide bonds. The molecule has 0 saturated heterocycles. The highest BCUT2D eigenvalue weighted by molar-refractivity contribution is 5.66. The number of carbonyl (C=O) groups excluding carboxylic acids is 1. The molecule has 3 N–H and O–H groups in total.